The Morgan fingerprint density at radius 3 is 2.62 bits per heavy atom. The third-order valence-corrected chi connectivity index (χ3v) is 7.27. The van der Waals surface area contributed by atoms with Crippen molar-refractivity contribution in [2.75, 3.05) is 19.3 Å². The van der Waals surface area contributed by atoms with Gasteiger partial charge in [0.05, 0.1) is 29.9 Å². The van der Waals surface area contributed by atoms with Gasteiger partial charge in [0.15, 0.2) is 7.28 Å². The molecule has 3 heterocycles. The number of halogens is 1. The van der Waals surface area contributed by atoms with Crippen molar-refractivity contribution < 1.29 is 80.1 Å². The Bertz CT molecular complexity index is 1050. The van der Waals surface area contributed by atoms with E-state index in [1.165, 1.54) is 13.5 Å². The maximum absolute atomic E-state index is 12.2. The molecule has 0 aromatic carbocycles. The van der Waals surface area contributed by atoms with Crippen LogP contribution in [0.5, 0.6) is 0 Å². The summed E-state index contributed by atoms with van der Waals surface area (Å²) >= 11 is 3.00. The molecule has 0 saturated carbocycles. The molecule has 0 aliphatic carbocycles. The summed E-state index contributed by atoms with van der Waals surface area (Å²) in [7, 11) is -7.87. The average Bonchev–Trinajstić information content (AvgIpc) is 3.32. The zero-order valence-corrected chi connectivity index (χ0v) is 23.8. The van der Waals surface area contributed by atoms with Crippen LogP contribution in [0.2, 0.25) is 0 Å². The molecule has 7 unspecified atom stereocenters. The van der Waals surface area contributed by atoms with Crippen LogP contribution < -0.4 is 21.0 Å². The Hall–Kier alpha value is 0.469. The number of aliphatic hydroxyl groups excluding tert-OH is 1. The molecule has 14 nitrogen and oxygen atoms in total. The predicted molar refractivity (Wildman–Crippen MR) is 111 cm³/mol. The number of nitrogens with one attached hydrogen (secondary N) is 1. The summed E-state index contributed by atoms with van der Waals surface area (Å²) in [6.07, 6.45) is -1.65. The smallest absolute Gasteiger partial charge is 0.330 e. The second-order valence-electron chi connectivity index (χ2n) is 7.54. The van der Waals surface area contributed by atoms with E-state index < -0.39 is 69.9 Å². The van der Waals surface area contributed by atoms with Crippen molar-refractivity contribution in [2.24, 2.45) is 0 Å². The fourth-order valence-electron chi connectivity index (χ4n) is 3.40. The molecule has 34 heavy (non-hydrogen) atoms. The van der Waals surface area contributed by atoms with E-state index >= 15 is 0 Å². The van der Waals surface area contributed by atoms with Gasteiger partial charge in [0.25, 0.3) is 13.4 Å². The largest absolute Gasteiger partial charge is 0.779 e. The number of phosphoric ester groups is 1. The second-order valence-corrected chi connectivity index (χ2v) is 11.4. The molecule has 2 fully saturated rings. The van der Waals surface area contributed by atoms with Crippen molar-refractivity contribution in [2.45, 2.75) is 49.8 Å². The zero-order valence-electron chi connectivity index (χ0n) is 17.6. The van der Waals surface area contributed by atoms with E-state index in [9.17, 15) is 33.6 Å². The van der Waals surface area contributed by atoms with Crippen LogP contribution in [-0.4, -0.2) is 70.4 Å². The number of H-pyrrole nitrogens is 1. The van der Waals surface area contributed by atoms with Gasteiger partial charge in [-0.1, -0.05) is 0 Å². The van der Waals surface area contributed by atoms with Gasteiger partial charge >= 0.3 is 5.69 Å². The second kappa shape index (κ2) is 12.8. The molecule has 2 aliphatic heterocycles. The van der Waals surface area contributed by atoms with Gasteiger partial charge in [0, 0.05) is 51.3 Å². The summed E-state index contributed by atoms with van der Waals surface area (Å²) in [6.45, 7) is -0.858. The van der Waals surface area contributed by atoms with Crippen LogP contribution in [0, 0.1) is 0 Å². The molecular formula is C15H21BBrN2O12P2Y-2. The molecular weight excluding hydrogens is 642 g/mol. The molecule has 0 spiro atoms. The number of aliphatic hydroxyl groups is 1. The van der Waals surface area contributed by atoms with Crippen molar-refractivity contribution >= 4 is 38.6 Å². The number of rotatable bonds is 10. The van der Waals surface area contributed by atoms with Crippen molar-refractivity contribution in [3.05, 3.63) is 31.5 Å². The van der Waals surface area contributed by atoms with Gasteiger partial charge < -0.3 is 42.9 Å². The van der Waals surface area contributed by atoms with Crippen molar-refractivity contribution in [3.8, 4) is 0 Å². The topological polar surface area (TPSA) is 212 Å². The summed E-state index contributed by atoms with van der Waals surface area (Å²) in [5.74, 6) is 0. The number of hydrogen-bond acceptors (Lipinski definition) is 11. The number of aromatic amines is 1. The molecule has 1 aromatic rings. The van der Waals surface area contributed by atoms with Crippen molar-refractivity contribution in [1.29, 1.82) is 0 Å². The van der Waals surface area contributed by atoms with E-state index in [0.29, 0.717) is 12.8 Å². The van der Waals surface area contributed by atoms with Gasteiger partial charge in [-0.15, -0.1) is 0 Å². The Morgan fingerprint density at radius 1 is 1.24 bits per heavy atom. The van der Waals surface area contributed by atoms with E-state index in [-0.39, 0.29) is 50.2 Å². The van der Waals surface area contributed by atoms with Crippen LogP contribution in [0.1, 0.15) is 25.5 Å². The standard InChI is InChI=1S/C15H23BBrN2O12P2.Y/c17-9-4-19(15(22)18-14(9)21)13-3-10(20)11(31-13)6-28-32(23,24)7-16-12-2-1-8(30-12)5-29-33(25,26)27;/h4,8,10-13,20H,1-3,5-7H2,(H,23,24)(H,18,21,22)(H2,25,26,27);/p-2. The SMILES string of the molecule is O=c1[nH]c(=O)n(C2CC(O)C(COP(=O)([O-])C[B]C3CCC(COP(=O)([O-])O)O3)O2)cc1Br.[Y]. The third-order valence-electron chi connectivity index (χ3n) is 5.03. The number of nitrogens with zero attached hydrogens (tertiary/aromatic N) is 1. The first-order chi connectivity index (χ1) is 15.3. The van der Waals surface area contributed by atoms with Crippen molar-refractivity contribution in [1.82, 2.24) is 9.55 Å². The number of ether oxygens (including phenoxy) is 2. The Morgan fingerprint density at radius 2 is 1.94 bits per heavy atom. The molecule has 2 aliphatic rings. The minimum Gasteiger partial charge on any atom is -0.779 e. The van der Waals surface area contributed by atoms with E-state index in [1.54, 1.807) is 0 Å². The van der Waals surface area contributed by atoms with Crippen LogP contribution in [0.25, 0.3) is 0 Å². The van der Waals surface area contributed by atoms with E-state index in [1.807, 2.05) is 0 Å². The first kappa shape index (κ1) is 30.7. The van der Waals surface area contributed by atoms with Crippen LogP contribution in [0.3, 0.4) is 0 Å². The molecule has 0 bridgehead atoms. The first-order valence-corrected chi connectivity index (χ1v) is 13.8. The fourth-order valence-corrected chi connectivity index (χ4v) is 5.05. The molecule has 3 N–H and O–H groups in total. The molecule has 1 aromatic heterocycles. The third kappa shape index (κ3) is 9.09. The van der Waals surface area contributed by atoms with Crippen LogP contribution in [0.15, 0.2) is 20.3 Å². The quantitative estimate of drug-likeness (QED) is 0.186. The maximum Gasteiger partial charge on any atom is 0.330 e. The summed E-state index contributed by atoms with van der Waals surface area (Å²) in [5, 5.41) is 10.2. The fraction of sp³-hybridized carbons (Fsp3) is 0.733. The Labute approximate surface area is 227 Å². The van der Waals surface area contributed by atoms with Gasteiger partial charge in [0.2, 0.25) is 0 Å². The maximum atomic E-state index is 12.2. The van der Waals surface area contributed by atoms with E-state index in [4.69, 9.17) is 18.9 Å². The minimum absolute atomic E-state index is 0. The summed E-state index contributed by atoms with van der Waals surface area (Å²) < 4.78 is 44.2. The van der Waals surface area contributed by atoms with E-state index in [2.05, 4.69) is 25.4 Å². The van der Waals surface area contributed by atoms with E-state index in [0.717, 1.165) is 4.57 Å². The van der Waals surface area contributed by atoms with Gasteiger partial charge in [-0.3, -0.25) is 18.9 Å². The van der Waals surface area contributed by atoms with Crippen LogP contribution in [0.4, 0.5) is 0 Å². The minimum atomic E-state index is -4.86. The van der Waals surface area contributed by atoms with Crippen LogP contribution in [-0.2, 0) is 60.4 Å². The summed E-state index contributed by atoms with van der Waals surface area (Å²) in [4.78, 5) is 56.9. The predicted octanol–water partition coefficient (Wildman–Crippen LogP) is -1.84. The molecule has 188 valence electrons. The summed E-state index contributed by atoms with van der Waals surface area (Å²) in [5.41, 5.74) is -1.37. The number of hydrogen-bond donors (Lipinski definition) is 3. The van der Waals surface area contributed by atoms with Crippen LogP contribution >= 0.6 is 31.3 Å². The first-order valence-electron chi connectivity index (χ1n) is 9.79. The molecule has 3 rings (SSSR count). The molecule has 2 radical (unpaired) electrons. The van der Waals surface area contributed by atoms with Gasteiger partial charge in [0.1, 0.15) is 19.9 Å². The Balaban J connectivity index is 0.00000408. The van der Waals surface area contributed by atoms with Gasteiger partial charge in [-0.25, -0.2) is 4.79 Å². The summed E-state index contributed by atoms with van der Waals surface area (Å²) in [6, 6.07) is -1.05. The average molecular weight is 663 g/mol. The number of aromatic nitrogens is 2. The van der Waals surface area contributed by atoms with Gasteiger partial charge in [-0.2, -0.15) is 0 Å². The van der Waals surface area contributed by atoms with Crippen molar-refractivity contribution in [3.63, 3.8) is 0 Å². The number of phosphoric acid groups is 1. The molecule has 2 saturated heterocycles. The molecule has 0 amide bonds. The zero-order chi connectivity index (χ0) is 24.4. The normalized spacial score (nSPS) is 30.3. The molecule has 19 heteroatoms. The van der Waals surface area contributed by atoms with Gasteiger partial charge in [-0.05, 0) is 34.8 Å². The monoisotopic (exact) mass is 662 g/mol. The molecule has 7 atom stereocenters. The Kier molecular flexibility index (Phi) is 11.6.